The fraction of sp³-hybridized carbons (Fsp3) is 0.138. The van der Waals surface area contributed by atoms with Gasteiger partial charge in [-0.1, -0.05) is 35.9 Å². The number of rotatable bonds is 6. The van der Waals surface area contributed by atoms with Gasteiger partial charge in [0, 0.05) is 38.9 Å². The number of benzene rings is 3. The van der Waals surface area contributed by atoms with Crippen LogP contribution in [0.25, 0.3) is 17.0 Å². The number of fused-ring (bicyclic) bond motifs is 2. The molecule has 3 heterocycles. The highest BCUT2D eigenvalue weighted by molar-refractivity contribution is 8.18. The zero-order valence-electron chi connectivity index (χ0n) is 21.1. The van der Waals surface area contributed by atoms with Gasteiger partial charge in [0.1, 0.15) is 12.4 Å². The first-order valence-electron chi connectivity index (χ1n) is 12.2. The molecule has 0 atom stereocenters. The summed E-state index contributed by atoms with van der Waals surface area (Å²) in [6.45, 7) is 1.97. The van der Waals surface area contributed by atoms with Crippen molar-refractivity contribution >= 4 is 63.1 Å². The maximum absolute atomic E-state index is 13.4. The minimum Gasteiger partial charge on any atom is -0.454 e. The molecule has 3 aromatic carbocycles. The smallest absolute Gasteiger partial charge is 0.293 e. The van der Waals surface area contributed by atoms with Gasteiger partial charge in [0.15, 0.2) is 11.5 Å². The molecule has 40 heavy (non-hydrogen) atoms. The fourth-order valence-electron chi connectivity index (χ4n) is 4.75. The molecular weight excluding hydrogens is 557 g/mol. The lowest BCUT2D eigenvalue weighted by molar-refractivity contribution is -0.123. The molecule has 0 spiro atoms. The van der Waals surface area contributed by atoms with E-state index in [1.165, 1.54) is 12.1 Å². The lowest BCUT2D eigenvalue weighted by Crippen LogP contribution is -2.27. The molecule has 1 N–H and O–H groups in total. The second-order valence-electron chi connectivity index (χ2n) is 9.22. The van der Waals surface area contributed by atoms with Crippen LogP contribution in [-0.2, 0) is 22.7 Å². The number of hydrogen-bond acceptors (Lipinski definition) is 6. The topological polar surface area (TPSA) is 89.9 Å². The number of halogens is 2. The molecule has 1 aromatic heterocycles. The number of carbonyl (C=O) groups is 3. The largest absolute Gasteiger partial charge is 0.454 e. The quantitative estimate of drug-likeness (QED) is 0.269. The second-order valence-corrected chi connectivity index (χ2v) is 10.6. The van der Waals surface area contributed by atoms with Gasteiger partial charge in [0.2, 0.25) is 12.7 Å². The lowest BCUT2D eigenvalue weighted by Gasteiger charge is -2.13. The lowest BCUT2D eigenvalue weighted by atomic mass is 10.1. The zero-order valence-corrected chi connectivity index (χ0v) is 22.6. The fourth-order valence-corrected chi connectivity index (χ4v) is 5.80. The Hall–Kier alpha value is -4.28. The van der Waals surface area contributed by atoms with E-state index in [0.29, 0.717) is 22.7 Å². The number of imide groups is 1. The van der Waals surface area contributed by atoms with Crippen LogP contribution in [0.2, 0.25) is 5.02 Å². The van der Waals surface area contributed by atoms with Crippen LogP contribution in [0.1, 0.15) is 16.8 Å². The molecule has 2 aliphatic heterocycles. The Kier molecular flexibility index (Phi) is 6.73. The normalized spacial score (nSPS) is 15.5. The van der Waals surface area contributed by atoms with Gasteiger partial charge < -0.3 is 19.4 Å². The van der Waals surface area contributed by atoms with Crippen LogP contribution < -0.4 is 14.8 Å². The summed E-state index contributed by atoms with van der Waals surface area (Å²) < 4.78 is 26.0. The van der Waals surface area contributed by atoms with Gasteiger partial charge in [0.05, 0.1) is 11.4 Å². The van der Waals surface area contributed by atoms with E-state index in [-0.39, 0.29) is 35.7 Å². The van der Waals surface area contributed by atoms with Crippen LogP contribution in [0, 0.1) is 12.7 Å². The predicted octanol–water partition coefficient (Wildman–Crippen LogP) is 6.35. The minimum atomic E-state index is -0.501. The molecule has 1 fully saturated rings. The molecule has 0 unspecified atom stereocenters. The highest BCUT2D eigenvalue weighted by atomic mass is 35.5. The molecule has 202 valence electrons. The summed E-state index contributed by atoms with van der Waals surface area (Å²) in [4.78, 5) is 40.3. The average molecular weight is 578 g/mol. The van der Waals surface area contributed by atoms with Crippen molar-refractivity contribution in [3.63, 3.8) is 0 Å². The van der Waals surface area contributed by atoms with Gasteiger partial charge in [-0.05, 0) is 60.7 Å². The van der Waals surface area contributed by atoms with E-state index in [1.807, 2.05) is 35.8 Å². The highest BCUT2D eigenvalue weighted by Crippen LogP contribution is 2.37. The van der Waals surface area contributed by atoms with Gasteiger partial charge in [0.25, 0.3) is 11.1 Å². The summed E-state index contributed by atoms with van der Waals surface area (Å²) in [5.74, 6) is -0.0180. The van der Waals surface area contributed by atoms with Crippen molar-refractivity contribution in [3.05, 3.63) is 93.2 Å². The Morgan fingerprint density at radius 3 is 2.73 bits per heavy atom. The number of thioether (sulfide) groups is 1. The molecule has 2 aliphatic rings. The van der Waals surface area contributed by atoms with E-state index in [1.54, 1.807) is 24.3 Å². The summed E-state index contributed by atoms with van der Waals surface area (Å²) >= 11 is 6.95. The van der Waals surface area contributed by atoms with E-state index in [2.05, 4.69) is 5.32 Å². The number of nitrogens with one attached hydrogen (secondary N) is 1. The van der Waals surface area contributed by atoms with Crippen LogP contribution in [0.3, 0.4) is 0 Å². The second kappa shape index (κ2) is 10.4. The first-order chi connectivity index (χ1) is 19.3. The van der Waals surface area contributed by atoms with Crippen molar-refractivity contribution in [2.75, 3.05) is 12.1 Å². The number of hydrogen-bond donors (Lipinski definition) is 1. The number of carbonyl (C=O) groups excluding carboxylic acids is 3. The van der Waals surface area contributed by atoms with Crippen LogP contribution in [0.5, 0.6) is 11.5 Å². The predicted molar refractivity (Wildman–Crippen MR) is 151 cm³/mol. The molecule has 11 heteroatoms. The summed E-state index contributed by atoms with van der Waals surface area (Å²) in [7, 11) is 0. The third-order valence-electron chi connectivity index (χ3n) is 6.73. The van der Waals surface area contributed by atoms with Gasteiger partial charge in [-0.3, -0.25) is 19.3 Å². The van der Waals surface area contributed by atoms with E-state index in [0.717, 1.165) is 44.9 Å². The van der Waals surface area contributed by atoms with Crippen LogP contribution in [0.4, 0.5) is 14.9 Å². The third kappa shape index (κ3) is 4.80. The molecule has 0 aliphatic carbocycles. The number of para-hydroxylation sites is 1. The highest BCUT2D eigenvalue weighted by Gasteiger charge is 2.36. The van der Waals surface area contributed by atoms with E-state index >= 15 is 0 Å². The van der Waals surface area contributed by atoms with Crippen molar-refractivity contribution in [2.45, 2.75) is 20.0 Å². The number of ether oxygens (including phenoxy) is 2. The summed E-state index contributed by atoms with van der Waals surface area (Å²) in [6, 6.07) is 16.6. The molecule has 0 saturated carbocycles. The molecular formula is C29H21ClFN3O5S. The van der Waals surface area contributed by atoms with Gasteiger partial charge >= 0.3 is 0 Å². The monoisotopic (exact) mass is 577 g/mol. The van der Waals surface area contributed by atoms with Gasteiger partial charge in [-0.15, -0.1) is 0 Å². The summed E-state index contributed by atoms with van der Waals surface area (Å²) in [5, 5.41) is 3.42. The standard InChI is InChI=1S/C29H21ClFN3O5S/c1-16-21(12-26-28(36)34(29(37)40-26)13-17-6-7-18(31)10-22(17)30)20-4-2-3-5-23(20)33(16)14-27(35)32-19-8-9-24-25(11-19)39-15-38-24/h2-12H,13-15H2,1H3,(H,32,35)/b26-12-. The summed E-state index contributed by atoms with van der Waals surface area (Å²) in [6.07, 6.45) is 1.68. The van der Waals surface area contributed by atoms with Crippen molar-refractivity contribution in [2.24, 2.45) is 0 Å². The molecule has 8 nitrogen and oxygen atoms in total. The Morgan fingerprint density at radius 2 is 1.90 bits per heavy atom. The SMILES string of the molecule is Cc1c(/C=C2\SC(=O)N(Cc3ccc(F)cc3Cl)C2=O)c2ccccc2n1CC(=O)Nc1ccc2c(c1)OCO2. The van der Waals surface area contributed by atoms with E-state index in [9.17, 15) is 18.8 Å². The molecule has 0 bridgehead atoms. The van der Waals surface area contributed by atoms with Crippen molar-refractivity contribution < 1.29 is 28.2 Å². The Morgan fingerprint density at radius 1 is 1.10 bits per heavy atom. The Balaban J connectivity index is 1.27. The number of aromatic nitrogens is 1. The van der Waals surface area contributed by atoms with Crippen molar-refractivity contribution in [1.82, 2.24) is 9.47 Å². The Bertz CT molecular complexity index is 1750. The number of anilines is 1. The summed E-state index contributed by atoms with van der Waals surface area (Å²) in [5.41, 5.74) is 3.35. The van der Waals surface area contributed by atoms with Crippen LogP contribution >= 0.6 is 23.4 Å². The maximum atomic E-state index is 13.4. The van der Waals surface area contributed by atoms with Gasteiger partial charge in [-0.2, -0.15) is 0 Å². The minimum absolute atomic E-state index is 0.0270. The molecule has 4 aromatic rings. The first kappa shape index (κ1) is 26.0. The van der Waals surface area contributed by atoms with Crippen LogP contribution in [0.15, 0.2) is 65.6 Å². The molecule has 0 radical (unpaired) electrons. The average Bonchev–Trinajstić information content (AvgIpc) is 3.57. The molecule has 1 saturated heterocycles. The maximum Gasteiger partial charge on any atom is 0.293 e. The van der Waals surface area contributed by atoms with E-state index < -0.39 is 17.0 Å². The molecule has 6 rings (SSSR count). The Labute approximate surface area is 237 Å². The number of amides is 3. The van der Waals surface area contributed by atoms with Crippen LogP contribution in [-0.4, -0.2) is 33.3 Å². The van der Waals surface area contributed by atoms with Gasteiger partial charge in [-0.25, -0.2) is 4.39 Å². The number of nitrogens with zero attached hydrogens (tertiary/aromatic N) is 2. The van der Waals surface area contributed by atoms with E-state index in [4.69, 9.17) is 21.1 Å². The molecule has 3 amide bonds. The van der Waals surface area contributed by atoms with Crippen molar-refractivity contribution in [3.8, 4) is 11.5 Å². The third-order valence-corrected chi connectivity index (χ3v) is 7.99. The zero-order chi connectivity index (χ0) is 28.0. The first-order valence-corrected chi connectivity index (χ1v) is 13.4. The van der Waals surface area contributed by atoms with Crippen molar-refractivity contribution in [1.29, 1.82) is 0 Å².